The first-order chi connectivity index (χ1) is 38.6. The Labute approximate surface area is 455 Å². The maximum absolute atomic E-state index is 6.65. The molecule has 16 rings (SSSR count). The third-order valence-electron chi connectivity index (χ3n) is 17.9. The molecule has 2 heterocycles. The van der Waals surface area contributed by atoms with Crippen molar-refractivity contribution in [3.63, 3.8) is 0 Å². The largest absolute Gasteiger partial charge is 0.456 e. The summed E-state index contributed by atoms with van der Waals surface area (Å²) in [7, 11) is 0. The first-order valence-corrected chi connectivity index (χ1v) is 27.7. The summed E-state index contributed by atoms with van der Waals surface area (Å²) in [6, 6.07) is 79.3. The molecule has 0 saturated heterocycles. The van der Waals surface area contributed by atoms with Crippen LogP contribution in [0.5, 0.6) is 0 Å². The summed E-state index contributed by atoms with van der Waals surface area (Å²) in [5, 5.41) is 3.64. The van der Waals surface area contributed by atoms with E-state index in [1.165, 1.54) is 94.0 Å². The van der Waals surface area contributed by atoms with E-state index in [1.807, 2.05) is 0 Å². The van der Waals surface area contributed by atoms with E-state index >= 15 is 0 Å². The van der Waals surface area contributed by atoms with Gasteiger partial charge in [0.1, 0.15) is 11.3 Å². The van der Waals surface area contributed by atoms with Crippen LogP contribution in [0, 0.1) is 0 Å². The van der Waals surface area contributed by atoms with Gasteiger partial charge in [-0.3, -0.25) is 0 Å². The zero-order valence-electron chi connectivity index (χ0n) is 43.3. The standard InChI is InChI=1S/C75H54N2O/c1-49-55-29-11-16-34-64(55)74(65-35-17-12-31-57(65)61-48-73-63(47-67(61)74)60-33-15-20-39-72(60)78-73)44-22-21-37-69(49)76(53-41-43-71-62(45-53)59-32-14-19-38-70(59)77(71)52-27-9-4-10-28-52)54-40-42-58-56-30-13-18-36-66(56)75(68(58)46-54,50-23-5-2-6-24-50)51-25-7-3-8-26-51/h2-14,17-32,35-43,45-48H,1,15-16,33-34,44H2/b22-21-,69-37+. The second-order valence-electron chi connectivity index (χ2n) is 21.7. The van der Waals surface area contributed by atoms with Gasteiger partial charge in [-0.25, -0.2) is 0 Å². The third-order valence-corrected chi connectivity index (χ3v) is 17.9. The van der Waals surface area contributed by atoms with E-state index in [1.54, 1.807) is 0 Å². The number of allylic oxidation sites excluding steroid dienone is 8. The fraction of sp³-hybridized carbons (Fsp3) is 0.0933. The number of benzene rings is 9. The third kappa shape index (κ3) is 6.27. The van der Waals surface area contributed by atoms with Crippen LogP contribution in [0.15, 0.2) is 282 Å². The van der Waals surface area contributed by atoms with Crippen molar-refractivity contribution in [2.75, 3.05) is 4.90 Å². The number of aromatic nitrogens is 1. The number of aryl methyl sites for hydroxylation is 1. The normalized spacial score (nSPS) is 18.6. The van der Waals surface area contributed by atoms with Gasteiger partial charge in [-0.15, -0.1) is 0 Å². The van der Waals surface area contributed by atoms with Crippen molar-refractivity contribution < 1.29 is 4.42 Å². The van der Waals surface area contributed by atoms with Crippen molar-refractivity contribution in [1.82, 2.24) is 4.57 Å². The van der Waals surface area contributed by atoms with Crippen LogP contribution in [0.4, 0.5) is 11.4 Å². The van der Waals surface area contributed by atoms with E-state index < -0.39 is 10.8 Å². The minimum atomic E-state index is -0.583. The predicted octanol–water partition coefficient (Wildman–Crippen LogP) is 19.0. The molecule has 5 aliphatic carbocycles. The number of rotatable bonds is 6. The highest BCUT2D eigenvalue weighted by Gasteiger charge is 2.49. The number of furan rings is 1. The van der Waals surface area contributed by atoms with E-state index in [0.29, 0.717) is 0 Å². The van der Waals surface area contributed by atoms with Crippen LogP contribution in [0.2, 0.25) is 0 Å². The highest BCUT2D eigenvalue weighted by Crippen LogP contribution is 2.61. The first-order valence-electron chi connectivity index (χ1n) is 27.7. The molecule has 0 bridgehead atoms. The molecule has 78 heavy (non-hydrogen) atoms. The Kier molecular flexibility index (Phi) is 9.94. The van der Waals surface area contributed by atoms with E-state index in [-0.39, 0.29) is 0 Å². The van der Waals surface area contributed by atoms with Crippen molar-refractivity contribution in [2.45, 2.75) is 42.9 Å². The Balaban J connectivity index is 0.953. The molecule has 1 spiro atoms. The molecule has 0 aliphatic heterocycles. The summed E-state index contributed by atoms with van der Waals surface area (Å²) < 4.78 is 9.06. The van der Waals surface area contributed by atoms with Crippen molar-refractivity contribution >= 4 is 50.2 Å². The van der Waals surface area contributed by atoms with E-state index in [2.05, 4.69) is 264 Å². The summed E-state index contributed by atoms with van der Waals surface area (Å²) in [6.45, 7) is 5.27. The number of hydrogen-bond acceptors (Lipinski definition) is 2. The molecule has 5 aliphatic rings. The van der Waals surface area contributed by atoms with Crippen LogP contribution in [0.1, 0.15) is 70.4 Å². The van der Waals surface area contributed by atoms with Gasteiger partial charge in [0.2, 0.25) is 0 Å². The monoisotopic (exact) mass is 998 g/mol. The molecule has 0 amide bonds. The Morgan fingerprint density at radius 1 is 0.487 bits per heavy atom. The van der Waals surface area contributed by atoms with Crippen LogP contribution >= 0.6 is 0 Å². The second kappa shape index (κ2) is 17.3. The molecular formula is C75H54N2O. The average molecular weight is 999 g/mol. The quantitative estimate of drug-likeness (QED) is 0.166. The maximum atomic E-state index is 6.65. The molecule has 1 unspecified atom stereocenters. The molecule has 9 aromatic carbocycles. The molecular weight excluding hydrogens is 945 g/mol. The fourth-order valence-corrected chi connectivity index (χ4v) is 14.7. The van der Waals surface area contributed by atoms with Gasteiger partial charge in [-0.1, -0.05) is 189 Å². The lowest BCUT2D eigenvalue weighted by Crippen LogP contribution is -2.30. The van der Waals surface area contributed by atoms with Gasteiger partial charge < -0.3 is 13.9 Å². The van der Waals surface area contributed by atoms with Gasteiger partial charge in [-0.2, -0.15) is 0 Å². The SMILES string of the molecule is C=C1C2=C(CCC=C2)C2(C/C=C\C=C/1N(c1ccc3c(c1)C(c1ccccc1)(c1ccccc1)c1ccccc1-3)c1ccc3c(c1)c1ccccc1n3-c1ccccc1)c1ccccc1-c1cc3oc4c(c3cc12)CCC=C4. The number of nitrogens with zero attached hydrogens (tertiary/aromatic N) is 2. The summed E-state index contributed by atoms with van der Waals surface area (Å²) >= 11 is 0. The summed E-state index contributed by atoms with van der Waals surface area (Å²) in [5.41, 5.74) is 24.4. The molecule has 2 aromatic heterocycles. The lowest BCUT2D eigenvalue weighted by molar-refractivity contribution is 0.589. The Hall–Kier alpha value is -9.44. The van der Waals surface area contributed by atoms with Gasteiger partial charge in [0, 0.05) is 44.2 Å². The Bertz CT molecular complexity index is 4440. The van der Waals surface area contributed by atoms with E-state index in [0.717, 1.165) is 77.3 Å². The van der Waals surface area contributed by atoms with E-state index in [4.69, 9.17) is 11.0 Å². The van der Waals surface area contributed by atoms with Crippen molar-refractivity contribution in [3.8, 4) is 27.9 Å². The zero-order chi connectivity index (χ0) is 51.5. The second-order valence-corrected chi connectivity index (χ2v) is 21.7. The molecule has 3 nitrogen and oxygen atoms in total. The maximum Gasteiger partial charge on any atom is 0.135 e. The van der Waals surface area contributed by atoms with Gasteiger partial charge in [0.05, 0.1) is 22.1 Å². The number of fused-ring (bicyclic) bond motifs is 15. The fourth-order valence-electron chi connectivity index (χ4n) is 14.7. The molecule has 1 atom stereocenters. The summed E-state index contributed by atoms with van der Waals surface area (Å²) in [4.78, 5) is 2.52. The van der Waals surface area contributed by atoms with Crippen molar-refractivity contribution in [2.24, 2.45) is 0 Å². The number of para-hydroxylation sites is 2. The molecule has 0 saturated carbocycles. The van der Waals surface area contributed by atoms with Gasteiger partial charge in [0.15, 0.2) is 0 Å². The van der Waals surface area contributed by atoms with Crippen LogP contribution in [0.3, 0.4) is 0 Å². The van der Waals surface area contributed by atoms with Crippen LogP contribution in [-0.2, 0) is 17.3 Å². The average Bonchev–Trinajstić information content (AvgIpc) is 3.95. The highest BCUT2D eigenvalue weighted by molar-refractivity contribution is 6.11. The zero-order valence-corrected chi connectivity index (χ0v) is 43.3. The molecule has 0 fully saturated rings. The smallest absolute Gasteiger partial charge is 0.135 e. The molecule has 3 heteroatoms. The Morgan fingerprint density at radius 3 is 1.94 bits per heavy atom. The summed E-state index contributed by atoms with van der Waals surface area (Å²) in [5.74, 6) is 1.00. The van der Waals surface area contributed by atoms with Crippen LogP contribution in [0.25, 0.3) is 66.8 Å². The molecule has 0 radical (unpaired) electrons. The lowest BCUT2D eigenvalue weighted by Gasteiger charge is -2.38. The first kappa shape index (κ1) is 44.8. The topological polar surface area (TPSA) is 21.3 Å². The van der Waals surface area contributed by atoms with E-state index in [9.17, 15) is 0 Å². The summed E-state index contributed by atoms with van der Waals surface area (Å²) in [6.07, 6.45) is 21.0. The minimum Gasteiger partial charge on any atom is -0.456 e. The van der Waals surface area contributed by atoms with Crippen LogP contribution in [-0.4, -0.2) is 4.57 Å². The predicted molar refractivity (Wildman–Crippen MR) is 323 cm³/mol. The van der Waals surface area contributed by atoms with Gasteiger partial charge in [-0.05, 0) is 177 Å². The number of hydrogen-bond donors (Lipinski definition) is 0. The van der Waals surface area contributed by atoms with Gasteiger partial charge in [0.25, 0.3) is 0 Å². The molecule has 11 aromatic rings. The number of anilines is 2. The highest BCUT2D eigenvalue weighted by atomic mass is 16.3. The molecule has 0 N–H and O–H groups in total. The van der Waals surface area contributed by atoms with Crippen molar-refractivity contribution in [1.29, 1.82) is 0 Å². The van der Waals surface area contributed by atoms with Gasteiger partial charge >= 0.3 is 0 Å². The lowest BCUT2D eigenvalue weighted by atomic mass is 9.65. The van der Waals surface area contributed by atoms with Crippen LogP contribution < -0.4 is 4.90 Å². The molecule has 370 valence electrons. The Morgan fingerprint density at radius 2 is 1.13 bits per heavy atom. The minimum absolute atomic E-state index is 0.426. The van der Waals surface area contributed by atoms with Crippen molar-refractivity contribution in [3.05, 3.63) is 322 Å².